The van der Waals surface area contributed by atoms with Gasteiger partial charge in [-0.05, 0) is 50.4 Å². The van der Waals surface area contributed by atoms with Crippen molar-refractivity contribution in [3.05, 3.63) is 33.8 Å². The lowest BCUT2D eigenvalue weighted by Crippen LogP contribution is -2.29. The second-order valence-corrected chi connectivity index (χ2v) is 5.09. The van der Waals surface area contributed by atoms with Crippen molar-refractivity contribution in [2.45, 2.75) is 31.7 Å². The van der Waals surface area contributed by atoms with Gasteiger partial charge in [-0.1, -0.05) is 28.1 Å². The van der Waals surface area contributed by atoms with Crippen LogP contribution in [-0.2, 0) is 6.42 Å². The second-order valence-electron chi connectivity index (χ2n) is 4.23. The van der Waals surface area contributed by atoms with Crippen LogP contribution in [0.25, 0.3) is 0 Å². The number of hydrogen-bond donors (Lipinski definition) is 1. The topological polar surface area (TPSA) is 12.0 Å². The third-order valence-electron chi connectivity index (χ3n) is 3.29. The Labute approximate surface area is 94.0 Å². The van der Waals surface area contributed by atoms with Gasteiger partial charge in [0.1, 0.15) is 0 Å². The normalized spacial score (nSPS) is 18.2. The number of halogens is 1. The molecule has 2 heteroatoms. The van der Waals surface area contributed by atoms with Crippen molar-refractivity contribution in [2.75, 3.05) is 7.05 Å². The SMILES string of the molecule is CNC1(Cc2cccc(Br)c2C)CC1. The first-order valence-corrected chi connectivity index (χ1v) is 5.89. The van der Waals surface area contributed by atoms with E-state index >= 15 is 0 Å². The lowest BCUT2D eigenvalue weighted by molar-refractivity contribution is 0.547. The fraction of sp³-hybridized carbons (Fsp3) is 0.500. The summed E-state index contributed by atoms with van der Waals surface area (Å²) in [4.78, 5) is 0. The van der Waals surface area contributed by atoms with E-state index in [4.69, 9.17) is 0 Å². The van der Waals surface area contributed by atoms with Gasteiger partial charge in [-0.3, -0.25) is 0 Å². The highest BCUT2D eigenvalue weighted by molar-refractivity contribution is 9.10. The molecule has 0 radical (unpaired) electrons. The summed E-state index contributed by atoms with van der Waals surface area (Å²) in [5.74, 6) is 0. The van der Waals surface area contributed by atoms with Crippen LogP contribution in [0, 0.1) is 6.92 Å². The highest BCUT2D eigenvalue weighted by atomic mass is 79.9. The number of nitrogens with one attached hydrogen (secondary N) is 1. The summed E-state index contributed by atoms with van der Waals surface area (Å²) in [5.41, 5.74) is 3.26. The van der Waals surface area contributed by atoms with Gasteiger partial charge in [-0.2, -0.15) is 0 Å². The summed E-state index contributed by atoms with van der Waals surface area (Å²) in [6.07, 6.45) is 3.79. The van der Waals surface area contributed by atoms with Crippen molar-refractivity contribution in [1.82, 2.24) is 5.32 Å². The van der Waals surface area contributed by atoms with E-state index in [1.807, 2.05) is 0 Å². The number of rotatable bonds is 3. The molecular formula is C12H16BrN. The fourth-order valence-corrected chi connectivity index (χ4v) is 2.28. The maximum atomic E-state index is 3.58. The molecule has 0 saturated heterocycles. The fourth-order valence-electron chi connectivity index (χ4n) is 1.87. The third-order valence-corrected chi connectivity index (χ3v) is 4.15. The zero-order chi connectivity index (χ0) is 10.2. The van der Waals surface area contributed by atoms with Crippen LogP contribution in [0.4, 0.5) is 0 Å². The van der Waals surface area contributed by atoms with E-state index in [9.17, 15) is 0 Å². The first-order chi connectivity index (χ1) is 6.67. The molecule has 0 bridgehead atoms. The molecule has 0 heterocycles. The lowest BCUT2D eigenvalue weighted by Gasteiger charge is -2.16. The molecule has 1 aromatic rings. The molecule has 1 nitrogen and oxygen atoms in total. The minimum Gasteiger partial charge on any atom is -0.314 e. The van der Waals surface area contributed by atoms with E-state index in [-0.39, 0.29) is 0 Å². The molecule has 0 unspecified atom stereocenters. The Hall–Kier alpha value is -0.340. The predicted molar refractivity (Wildman–Crippen MR) is 63.6 cm³/mol. The standard InChI is InChI=1S/C12H16BrN/c1-9-10(4-3-5-11(9)13)8-12(14-2)6-7-12/h3-5,14H,6-8H2,1-2H3. The molecule has 14 heavy (non-hydrogen) atoms. The zero-order valence-electron chi connectivity index (χ0n) is 8.73. The van der Waals surface area contributed by atoms with Gasteiger partial charge in [0.15, 0.2) is 0 Å². The first kappa shape index (κ1) is 10.2. The molecule has 0 atom stereocenters. The van der Waals surface area contributed by atoms with Gasteiger partial charge in [0, 0.05) is 10.0 Å². The van der Waals surface area contributed by atoms with Gasteiger partial charge in [-0.25, -0.2) is 0 Å². The van der Waals surface area contributed by atoms with Gasteiger partial charge in [0.25, 0.3) is 0 Å². The van der Waals surface area contributed by atoms with Crippen LogP contribution in [-0.4, -0.2) is 12.6 Å². The van der Waals surface area contributed by atoms with E-state index in [0.717, 1.165) is 6.42 Å². The van der Waals surface area contributed by atoms with Crippen LogP contribution >= 0.6 is 15.9 Å². The summed E-state index contributed by atoms with van der Waals surface area (Å²) < 4.78 is 1.22. The lowest BCUT2D eigenvalue weighted by atomic mass is 10.00. The minimum absolute atomic E-state index is 0.408. The summed E-state index contributed by atoms with van der Waals surface area (Å²) >= 11 is 3.58. The van der Waals surface area contributed by atoms with Gasteiger partial charge in [0.2, 0.25) is 0 Å². The Morgan fingerprint density at radius 3 is 2.71 bits per heavy atom. The van der Waals surface area contributed by atoms with Crippen LogP contribution in [0.1, 0.15) is 24.0 Å². The van der Waals surface area contributed by atoms with Crippen LogP contribution in [0.3, 0.4) is 0 Å². The molecule has 0 spiro atoms. The van der Waals surface area contributed by atoms with Gasteiger partial charge in [0.05, 0.1) is 0 Å². The molecule has 0 aromatic heterocycles. The molecule has 2 rings (SSSR count). The molecule has 1 fully saturated rings. The molecule has 76 valence electrons. The van der Waals surface area contributed by atoms with Crippen molar-refractivity contribution < 1.29 is 0 Å². The van der Waals surface area contributed by atoms with Crippen molar-refractivity contribution >= 4 is 15.9 Å². The van der Waals surface area contributed by atoms with Crippen LogP contribution in [0.2, 0.25) is 0 Å². The van der Waals surface area contributed by atoms with Crippen molar-refractivity contribution in [1.29, 1.82) is 0 Å². The Morgan fingerprint density at radius 1 is 1.43 bits per heavy atom. The third kappa shape index (κ3) is 1.86. The number of likely N-dealkylation sites (N-methyl/N-ethyl adjacent to an activating group) is 1. The van der Waals surface area contributed by atoms with Gasteiger partial charge in [-0.15, -0.1) is 0 Å². The molecule has 1 aromatic carbocycles. The van der Waals surface area contributed by atoms with Crippen LogP contribution in [0.15, 0.2) is 22.7 Å². The molecule has 1 N–H and O–H groups in total. The Balaban J connectivity index is 2.21. The highest BCUT2D eigenvalue weighted by Crippen LogP contribution is 2.39. The van der Waals surface area contributed by atoms with Gasteiger partial charge >= 0.3 is 0 Å². The van der Waals surface area contributed by atoms with Crippen LogP contribution < -0.4 is 5.32 Å². The maximum Gasteiger partial charge on any atom is 0.0220 e. The minimum atomic E-state index is 0.408. The summed E-state index contributed by atoms with van der Waals surface area (Å²) in [5, 5.41) is 3.43. The molecule has 0 amide bonds. The van der Waals surface area contributed by atoms with Crippen LogP contribution in [0.5, 0.6) is 0 Å². The van der Waals surface area contributed by atoms with E-state index in [1.165, 1.54) is 28.4 Å². The van der Waals surface area contributed by atoms with E-state index < -0.39 is 0 Å². The maximum absolute atomic E-state index is 3.58. The second kappa shape index (κ2) is 3.67. The molecule has 1 aliphatic carbocycles. The molecule has 1 saturated carbocycles. The van der Waals surface area contributed by atoms with E-state index in [1.54, 1.807) is 0 Å². The number of hydrogen-bond acceptors (Lipinski definition) is 1. The summed E-state index contributed by atoms with van der Waals surface area (Å²) in [6.45, 7) is 2.19. The molecule has 1 aliphatic rings. The Kier molecular flexibility index (Phi) is 2.67. The first-order valence-electron chi connectivity index (χ1n) is 5.10. The predicted octanol–water partition coefficient (Wildman–Crippen LogP) is 3.05. The average Bonchev–Trinajstić information content (AvgIpc) is 2.94. The molecule has 0 aliphatic heterocycles. The van der Waals surface area contributed by atoms with E-state index in [2.05, 4.69) is 53.4 Å². The monoisotopic (exact) mass is 253 g/mol. The number of benzene rings is 1. The highest BCUT2D eigenvalue weighted by Gasteiger charge is 2.40. The zero-order valence-corrected chi connectivity index (χ0v) is 10.3. The van der Waals surface area contributed by atoms with Crippen molar-refractivity contribution in [3.8, 4) is 0 Å². The van der Waals surface area contributed by atoms with Crippen molar-refractivity contribution in [2.24, 2.45) is 0 Å². The van der Waals surface area contributed by atoms with E-state index in [0.29, 0.717) is 5.54 Å². The van der Waals surface area contributed by atoms with Gasteiger partial charge < -0.3 is 5.32 Å². The summed E-state index contributed by atoms with van der Waals surface area (Å²) in [6, 6.07) is 6.47. The average molecular weight is 254 g/mol. The Bertz CT molecular complexity index is 342. The smallest absolute Gasteiger partial charge is 0.0220 e. The quantitative estimate of drug-likeness (QED) is 0.874. The molecular weight excluding hydrogens is 238 g/mol. The largest absolute Gasteiger partial charge is 0.314 e. The Morgan fingerprint density at radius 2 is 2.14 bits per heavy atom. The van der Waals surface area contributed by atoms with Crippen molar-refractivity contribution in [3.63, 3.8) is 0 Å². The summed E-state index contributed by atoms with van der Waals surface area (Å²) in [7, 11) is 2.07.